The molecule has 1 fully saturated rings. The number of carbonyl (C=O) groups excluding carboxylic acids is 2. The summed E-state index contributed by atoms with van der Waals surface area (Å²) in [5.41, 5.74) is 7.98. The summed E-state index contributed by atoms with van der Waals surface area (Å²) in [5.74, 6) is 1.21. The summed E-state index contributed by atoms with van der Waals surface area (Å²) in [6.45, 7) is 0.966. The van der Waals surface area contributed by atoms with E-state index in [4.69, 9.17) is 10.5 Å². The Morgan fingerprint density at radius 2 is 1.94 bits per heavy atom. The number of aromatic nitrogens is 3. The minimum absolute atomic E-state index is 0.0894. The SMILES string of the molecule is COc1ccc(-n2ncc(C(=O)[C@@H]3CCCN(C(=O)c4ccnc(N(C)C)c4)C3)c2N)cc1. The van der Waals surface area contributed by atoms with Crippen molar-refractivity contribution in [3.63, 3.8) is 0 Å². The summed E-state index contributed by atoms with van der Waals surface area (Å²) < 4.78 is 6.72. The van der Waals surface area contributed by atoms with E-state index >= 15 is 0 Å². The van der Waals surface area contributed by atoms with Crippen LogP contribution in [0.15, 0.2) is 48.8 Å². The largest absolute Gasteiger partial charge is 0.497 e. The minimum Gasteiger partial charge on any atom is -0.497 e. The van der Waals surface area contributed by atoms with E-state index < -0.39 is 0 Å². The van der Waals surface area contributed by atoms with Gasteiger partial charge in [0, 0.05) is 44.9 Å². The van der Waals surface area contributed by atoms with Gasteiger partial charge in [-0.1, -0.05) is 0 Å². The molecule has 2 aromatic heterocycles. The van der Waals surface area contributed by atoms with Crippen molar-refractivity contribution in [3.05, 3.63) is 59.9 Å². The zero-order valence-corrected chi connectivity index (χ0v) is 19.1. The number of methoxy groups -OCH3 is 1. The zero-order chi connectivity index (χ0) is 23.5. The van der Waals surface area contributed by atoms with Crippen molar-refractivity contribution < 1.29 is 14.3 Å². The lowest BCUT2D eigenvalue weighted by molar-refractivity contribution is 0.0637. The molecule has 1 aliphatic rings. The van der Waals surface area contributed by atoms with Gasteiger partial charge in [0.2, 0.25) is 0 Å². The summed E-state index contributed by atoms with van der Waals surface area (Å²) in [5, 5.41) is 4.32. The Labute approximate surface area is 192 Å². The fourth-order valence-corrected chi connectivity index (χ4v) is 4.05. The van der Waals surface area contributed by atoms with Crippen molar-refractivity contribution in [1.82, 2.24) is 19.7 Å². The Balaban J connectivity index is 1.50. The number of pyridine rings is 1. The Morgan fingerprint density at radius 1 is 1.18 bits per heavy atom. The number of anilines is 2. The summed E-state index contributed by atoms with van der Waals surface area (Å²) in [4.78, 5) is 34.3. The molecule has 1 atom stereocenters. The molecule has 2 N–H and O–H groups in total. The van der Waals surface area contributed by atoms with Gasteiger partial charge in [-0.3, -0.25) is 9.59 Å². The van der Waals surface area contributed by atoms with Gasteiger partial charge in [0.15, 0.2) is 5.78 Å². The highest BCUT2D eigenvalue weighted by Crippen LogP contribution is 2.27. The van der Waals surface area contributed by atoms with Crippen LogP contribution in [0.5, 0.6) is 5.75 Å². The second-order valence-electron chi connectivity index (χ2n) is 8.31. The second kappa shape index (κ2) is 9.32. The fourth-order valence-electron chi connectivity index (χ4n) is 4.05. The average Bonchev–Trinajstić information content (AvgIpc) is 3.24. The Kier molecular flexibility index (Phi) is 6.30. The van der Waals surface area contributed by atoms with Gasteiger partial charge in [-0.15, -0.1) is 0 Å². The number of carbonyl (C=O) groups is 2. The van der Waals surface area contributed by atoms with Crippen molar-refractivity contribution in [3.8, 4) is 11.4 Å². The number of Topliss-reactive ketones (excluding diaryl/α,β-unsaturated/α-hetero) is 1. The van der Waals surface area contributed by atoms with Crippen LogP contribution in [-0.2, 0) is 0 Å². The van der Waals surface area contributed by atoms with Crippen LogP contribution in [0.3, 0.4) is 0 Å². The quantitative estimate of drug-likeness (QED) is 0.578. The van der Waals surface area contributed by atoms with E-state index in [1.165, 1.54) is 10.9 Å². The maximum absolute atomic E-state index is 13.3. The van der Waals surface area contributed by atoms with Crippen LogP contribution in [0.25, 0.3) is 5.69 Å². The van der Waals surface area contributed by atoms with Crippen molar-refractivity contribution in [2.45, 2.75) is 12.8 Å². The molecule has 0 radical (unpaired) electrons. The summed E-state index contributed by atoms with van der Waals surface area (Å²) in [6, 6.07) is 10.7. The van der Waals surface area contributed by atoms with E-state index in [-0.39, 0.29) is 17.6 Å². The van der Waals surface area contributed by atoms with Crippen molar-refractivity contribution >= 4 is 23.3 Å². The van der Waals surface area contributed by atoms with E-state index in [0.717, 1.165) is 17.9 Å². The predicted molar refractivity (Wildman–Crippen MR) is 126 cm³/mol. The zero-order valence-electron chi connectivity index (χ0n) is 19.1. The average molecular weight is 449 g/mol. The monoisotopic (exact) mass is 448 g/mol. The molecule has 1 saturated heterocycles. The van der Waals surface area contributed by atoms with E-state index in [1.54, 1.807) is 30.3 Å². The summed E-state index contributed by atoms with van der Waals surface area (Å²) >= 11 is 0. The third-order valence-corrected chi connectivity index (χ3v) is 5.92. The van der Waals surface area contributed by atoms with E-state index in [0.29, 0.717) is 42.3 Å². The van der Waals surface area contributed by atoms with Crippen LogP contribution >= 0.6 is 0 Å². The van der Waals surface area contributed by atoms with E-state index in [9.17, 15) is 9.59 Å². The molecule has 3 heterocycles. The first-order valence-corrected chi connectivity index (χ1v) is 10.8. The lowest BCUT2D eigenvalue weighted by atomic mass is 9.90. The number of nitrogen functional groups attached to an aromatic ring is 1. The molecule has 0 aliphatic carbocycles. The van der Waals surface area contributed by atoms with Gasteiger partial charge in [0.05, 0.1) is 24.6 Å². The van der Waals surface area contributed by atoms with Crippen LogP contribution in [0.4, 0.5) is 11.6 Å². The molecule has 0 unspecified atom stereocenters. The maximum atomic E-state index is 13.3. The van der Waals surface area contributed by atoms with E-state index in [2.05, 4.69) is 10.1 Å². The highest BCUT2D eigenvalue weighted by Gasteiger charge is 2.31. The maximum Gasteiger partial charge on any atom is 0.254 e. The summed E-state index contributed by atoms with van der Waals surface area (Å²) in [6.07, 6.45) is 4.59. The molecule has 33 heavy (non-hydrogen) atoms. The molecule has 0 spiro atoms. The first kappa shape index (κ1) is 22.3. The first-order chi connectivity index (χ1) is 15.9. The van der Waals surface area contributed by atoms with Crippen molar-refractivity contribution in [2.24, 2.45) is 5.92 Å². The van der Waals surface area contributed by atoms with E-state index in [1.807, 2.05) is 43.3 Å². The topological polar surface area (TPSA) is 107 Å². The molecule has 0 saturated carbocycles. The van der Waals surface area contributed by atoms with Gasteiger partial charge in [-0.2, -0.15) is 5.10 Å². The van der Waals surface area contributed by atoms with Gasteiger partial charge in [-0.25, -0.2) is 9.67 Å². The Bertz CT molecular complexity index is 1160. The molecule has 9 heteroatoms. The molecule has 172 valence electrons. The lowest BCUT2D eigenvalue weighted by Gasteiger charge is -2.32. The van der Waals surface area contributed by atoms with Crippen molar-refractivity contribution in [1.29, 1.82) is 0 Å². The third kappa shape index (κ3) is 4.52. The normalized spacial score (nSPS) is 15.8. The molecule has 1 aliphatic heterocycles. The minimum atomic E-state index is -0.325. The molecule has 0 bridgehead atoms. The highest BCUT2D eigenvalue weighted by molar-refractivity contribution is 6.02. The second-order valence-corrected chi connectivity index (χ2v) is 8.31. The number of likely N-dealkylation sites (tertiary alicyclic amines) is 1. The first-order valence-electron chi connectivity index (χ1n) is 10.8. The number of piperidine rings is 1. The molecule has 4 rings (SSSR count). The van der Waals surface area contributed by atoms with Gasteiger partial charge in [0.1, 0.15) is 17.4 Å². The van der Waals surface area contributed by atoms with Gasteiger partial charge >= 0.3 is 0 Å². The van der Waals surface area contributed by atoms with Gasteiger partial charge < -0.3 is 20.3 Å². The number of hydrogen-bond acceptors (Lipinski definition) is 7. The molecular weight excluding hydrogens is 420 g/mol. The number of ketones is 1. The number of amides is 1. The predicted octanol–water partition coefficient (Wildman–Crippen LogP) is 2.66. The third-order valence-electron chi connectivity index (χ3n) is 5.92. The fraction of sp³-hybridized carbons (Fsp3) is 0.333. The highest BCUT2D eigenvalue weighted by atomic mass is 16.5. The van der Waals surface area contributed by atoms with Crippen LogP contribution in [0, 0.1) is 5.92 Å². The molecular formula is C24H28N6O3. The van der Waals surface area contributed by atoms with Crippen LogP contribution in [0.1, 0.15) is 33.6 Å². The van der Waals surface area contributed by atoms with Gasteiger partial charge in [0.25, 0.3) is 5.91 Å². The van der Waals surface area contributed by atoms with Crippen LogP contribution in [-0.4, -0.2) is 65.6 Å². The summed E-state index contributed by atoms with van der Waals surface area (Å²) in [7, 11) is 5.35. The molecule has 9 nitrogen and oxygen atoms in total. The van der Waals surface area contributed by atoms with Crippen LogP contribution < -0.4 is 15.4 Å². The van der Waals surface area contributed by atoms with Crippen LogP contribution in [0.2, 0.25) is 0 Å². The number of rotatable bonds is 6. The number of benzene rings is 1. The number of ether oxygens (including phenoxy) is 1. The Morgan fingerprint density at radius 3 is 2.64 bits per heavy atom. The number of nitrogens with two attached hydrogens (primary N) is 1. The van der Waals surface area contributed by atoms with Crippen molar-refractivity contribution in [2.75, 3.05) is 44.9 Å². The number of nitrogens with zero attached hydrogens (tertiary/aromatic N) is 5. The molecule has 1 aromatic carbocycles. The Hall–Kier alpha value is -3.88. The van der Waals surface area contributed by atoms with Gasteiger partial charge in [-0.05, 0) is 49.2 Å². The smallest absolute Gasteiger partial charge is 0.254 e. The molecule has 1 amide bonds. The lowest BCUT2D eigenvalue weighted by Crippen LogP contribution is -2.42. The standard InChI is InChI=1S/C24H28N6O3/c1-28(2)21-13-16(10-11-26-21)24(32)29-12-4-5-17(15-29)22(31)20-14-27-30(23(20)25)18-6-8-19(33-3)9-7-18/h6-11,13-14,17H,4-5,12,15,25H2,1-3H3/t17-/m1/s1. The number of hydrogen-bond donors (Lipinski definition) is 1. The molecule has 3 aromatic rings.